The topological polar surface area (TPSA) is 165 Å². The first-order chi connectivity index (χ1) is 20.3. The molecule has 1 atom stereocenters. The lowest BCUT2D eigenvalue weighted by Gasteiger charge is -2.22. The number of amides is 2. The van der Waals surface area contributed by atoms with Crippen molar-refractivity contribution in [2.75, 3.05) is 11.9 Å². The van der Waals surface area contributed by atoms with Gasteiger partial charge in [0.1, 0.15) is 17.6 Å². The number of amidine groups is 1. The summed E-state index contributed by atoms with van der Waals surface area (Å²) in [5.41, 5.74) is 10.8. The zero-order valence-corrected chi connectivity index (χ0v) is 23.4. The third-order valence-corrected chi connectivity index (χ3v) is 5.60. The van der Waals surface area contributed by atoms with Gasteiger partial charge in [-0.1, -0.05) is 18.2 Å². The van der Waals surface area contributed by atoms with Gasteiger partial charge in [-0.3, -0.25) is 25.8 Å². The van der Waals surface area contributed by atoms with Gasteiger partial charge in [-0.25, -0.2) is 4.79 Å². The summed E-state index contributed by atoms with van der Waals surface area (Å²) in [6, 6.07) is 14.8. The van der Waals surface area contributed by atoms with Crippen molar-refractivity contribution < 1.29 is 41.8 Å². The van der Waals surface area contributed by atoms with Gasteiger partial charge in [0.05, 0.1) is 18.3 Å². The van der Waals surface area contributed by atoms with Crippen LogP contribution >= 0.6 is 0 Å². The van der Waals surface area contributed by atoms with E-state index in [4.69, 9.17) is 20.6 Å². The van der Waals surface area contributed by atoms with E-state index in [0.29, 0.717) is 34.9 Å². The van der Waals surface area contributed by atoms with Gasteiger partial charge in [-0.15, -0.1) is 0 Å². The third-order valence-electron chi connectivity index (χ3n) is 5.60. The number of para-hydroxylation sites is 1. The molecule has 0 spiro atoms. The van der Waals surface area contributed by atoms with Crippen molar-refractivity contribution in [3.05, 3.63) is 83.4 Å². The Kier molecular flexibility index (Phi) is 10.6. The second-order valence-electron chi connectivity index (χ2n) is 9.20. The molecule has 43 heavy (non-hydrogen) atoms. The Morgan fingerprint density at radius 3 is 2.21 bits per heavy atom. The van der Waals surface area contributed by atoms with Crippen LogP contribution in [-0.4, -0.2) is 42.5 Å². The highest BCUT2D eigenvalue weighted by Crippen LogP contribution is 2.33. The van der Waals surface area contributed by atoms with Crippen LogP contribution in [0.1, 0.15) is 48.3 Å². The van der Waals surface area contributed by atoms with Crippen molar-refractivity contribution in [1.29, 1.82) is 5.41 Å². The standard InChI is InChI=1S/C29H30F3N5O6/c1-4-41-23-15-18(11-14-22(23)42-16(2)3)24(35-19-12-9-17(10-13-19)25(33)34)27(39)37-36-26(38)20-7-5-6-8-21(20)43-28(40)29(30,31)32/h5-16,24,35H,4H2,1-3H3,(H3,33,34)(H,36,38)(H,37,39). The fourth-order valence-electron chi connectivity index (χ4n) is 3.70. The average Bonchev–Trinajstić information content (AvgIpc) is 2.95. The molecule has 0 aliphatic rings. The first-order valence-corrected chi connectivity index (χ1v) is 12.9. The number of anilines is 1. The first kappa shape index (κ1) is 32.2. The molecule has 14 heteroatoms. The van der Waals surface area contributed by atoms with Crippen molar-refractivity contribution >= 4 is 29.3 Å². The quantitative estimate of drug-likeness (QED) is 0.0716. The molecule has 0 saturated carbocycles. The highest BCUT2D eigenvalue weighted by molar-refractivity contribution is 5.99. The highest BCUT2D eigenvalue weighted by atomic mass is 19.4. The summed E-state index contributed by atoms with van der Waals surface area (Å²) in [6.45, 7) is 5.78. The maximum atomic E-state index is 13.4. The fraction of sp³-hybridized carbons (Fsp3) is 0.241. The van der Waals surface area contributed by atoms with Crippen molar-refractivity contribution in [2.45, 2.75) is 39.1 Å². The Labute approximate surface area is 245 Å². The summed E-state index contributed by atoms with van der Waals surface area (Å²) in [7, 11) is 0. The summed E-state index contributed by atoms with van der Waals surface area (Å²) in [6.07, 6.45) is -5.44. The van der Waals surface area contributed by atoms with Crippen molar-refractivity contribution in [3.8, 4) is 17.2 Å². The molecule has 0 heterocycles. The van der Waals surface area contributed by atoms with E-state index in [2.05, 4.69) is 20.9 Å². The predicted octanol–water partition coefficient (Wildman–Crippen LogP) is 4.24. The van der Waals surface area contributed by atoms with E-state index >= 15 is 0 Å². The molecule has 0 fully saturated rings. The van der Waals surface area contributed by atoms with E-state index in [1.165, 1.54) is 12.1 Å². The van der Waals surface area contributed by atoms with Gasteiger partial charge in [-0.2, -0.15) is 13.2 Å². The predicted molar refractivity (Wildman–Crippen MR) is 151 cm³/mol. The summed E-state index contributed by atoms with van der Waals surface area (Å²) < 4.78 is 54.0. The van der Waals surface area contributed by atoms with Crippen LogP contribution in [0, 0.1) is 5.41 Å². The molecule has 11 nitrogen and oxygen atoms in total. The number of hydrogen-bond acceptors (Lipinski definition) is 8. The Hall–Kier alpha value is -5.27. The Balaban J connectivity index is 1.89. The normalized spacial score (nSPS) is 11.7. The fourth-order valence-corrected chi connectivity index (χ4v) is 3.70. The maximum Gasteiger partial charge on any atom is 0.491 e. The second kappa shape index (κ2) is 14.1. The molecular formula is C29H30F3N5O6. The van der Waals surface area contributed by atoms with Crippen molar-refractivity contribution in [3.63, 3.8) is 0 Å². The summed E-state index contributed by atoms with van der Waals surface area (Å²) in [4.78, 5) is 37.6. The lowest BCUT2D eigenvalue weighted by Crippen LogP contribution is -2.45. The summed E-state index contributed by atoms with van der Waals surface area (Å²) >= 11 is 0. The molecule has 3 aromatic carbocycles. The van der Waals surface area contributed by atoms with Crippen molar-refractivity contribution in [2.24, 2.45) is 5.73 Å². The molecule has 3 rings (SSSR count). The van der Waals surface area contributed by atoms with E-state index in [9.17, 15) is 27.6 Å². The lowest BCUT2D eigenvalue weighted by molar-refractivity contribution is -0.189. The molecule has 2 amide bonds. The third kappa shape index (κ3) is 8.86. The van der Waals surface area contributed by atoms with Gasteiger partial charge in [0.15, 0.2) is 11.5 Å². The maximum absolute atomic E-state index is 13.4. The number of esters is 1. The number of rotatable bonds is 11. The molecule has 228 valence electrons. The second-order valence-corrected chi connectivity index (χ2v) is 9.20. The number of nitrogens with one attached hydrogen (secondary N) is 4. The molecule has 0 aliphatic carbocycles. The van der Waals surface area contributed by atoms with Crippen LogP contribution in [-0.2, 0) is 9.59 Å². The largest absolute Gasteiger partial charge is 0.491 e. The van der Waals surface area contributed by atoms with E-state index in [-0.39, 0.29) is 11.9 Å². The minimum atomic E-state index is -5.28. The van der Waals surface area contributed by atoms with Crippen LogP contribution in [0.2, 0.25) is 0 Å². The van der Waals surface area contributed by atoms with Gasteiger partial charge < -0.3 is 25.3 Å². The van der Waals surface area contributed by atoms with E-state index in [1.807, 2.05) is 13.8 Å². The molecule has 3 aromatic rings. The Bertz CT molecular complexity index is 1480. The van der Waals surface area contributed by atoms with Crippen LogP contribution in [0.4, 0.5) is 18.9 Å². The lowest BCUT2D eigenvalue weighted by atomic mass is 10.0. The summed E-state index contributed by atoms with van der Waals surface area (Å²) in [5, 5.41) is 10.6. The number of nitrogen functional groups attached to an aromatic ring is 1. The molecule has 0 aromatic heterocycles. The first-order valence-electron chi connectivity index (χ1n) is 12.9. The Morgan fingerprint density at radius 2 is 1.60 bits per heavy atom. The molecule has 1 unspecified atom stereocenters. The number of nitrogens with two attached hydrogens (primary N) is 1. The number of halogens is 3. The monoisotopic (exact) mass is 601 g/mol. The minimum absolute atomic E-state index is 0.146. The number of carbonyl (C=O) groups excluding carboxylic acids is 3. The zero-order chi connectivity index (χ0) is 31.7. The van der Waals surface area contributed by atoms with Gasteiger partial charge in [0, 0.05) is 11.3 Å². The molecule has 0 saturated heterocycles. The van der Waals surface area contributed by atoms with Gasteiger partial charge in [-0.05, 0) is 74.9 Å². The number of ether oxygens (including phenoxy) is 3. The number of alkyl halides is 3. The van der Waals surface area contributed by atoms with Crippen molar-refractivity contribution in [1.82, 2.24) is 10.9 Å². The van der Waals surface area contributed by atoms with Crippen LogP contribution in [0.15, 0.2) is 66.7 Å². The summed E-state index contributed by atoms with van der Waals surface area (Å²) in [5.74, 6) is -4.31. The minimum Gasteiger partial charge on any atom is -0.490 e. The van der Waals surface area contributed by atoms with Crippen LogP contribution < -0.4 is 36.1 Å². The highest BCUT2D eigenvalue weighted by Gasteiger charge is 2.42. The van der Waals surface area contributed by atoms with Gasteiger partial charge in [0.2, 0.25) is 0 Å². The van der Waals surface area contributed by atoms with E-state index in [0.717, 1.165) is 12.1 Å². The molecule has 0 radical (unpaired) electrons. The number of hydrogen-bond donors (Lipinski definition) is 5. The molecule has 0 aliphatic heterocycles. The smallest absolute Gasteiger partial charge is 0.490 e. The SMILES string of the molecule is CCOc1cc(C(Nc2ccc(C(=N)N)cc2)C(=O)NNC(=O)c2ccccc2OC(=O)C(F)(F)F)ccc1OC(C)C. The number of hydrazine groups is 1. The van der Waals surface area contributed by atoms with Crippen LogP contribution in [0.5, 0.6) is 17.2 Å². The zero-order valence-electron chi connectivity index (χ0n) is 23.4. The van der Waals surface area contributed by atoms with E-state index in [1.54, 1.807) is 49.4 Å². The molecule has 6 N–H and O–H groups in total. The number of benzene rings is 3. The van der Waals surface area contributed by atoms with Gasteiger partial charge >= 0.3 is 12.1 Å². The number of carbonyl (C=O) groups is 3. The molecular weight excluding hydrogens is 571 g/mol. The average molecular weight is 602 g/mol. The van der Waals surface area contributed by atoms with Gasteiger partial charge in [0.25, 0.3) is 11.8 Å². The Morgan fingerprint density at radius 1 is 0.930 bits per heavy atom. The van der Waals surface area contributed by atoms with E-state index < -0.39 is 41.3 Å². The molecule has 0 bridgehead atoms. The van der Waals surface area contributed by atoms with Crippen LogP contribution in [0.3, 0.4) is 0 Å². The van der Waals surface area contributed by atoms with Crippen LogP contribution in [0.25, 0.3) is 0 Å².